The van der Waals surface area contributed by atoms with E-state index in [0.29, 0.717) is 11.3 Å². The first-order valence-corrected chi connectivity index (χ1v) is 7.37. The molecule has 0 aliphatic heterocycles. The van der Waals surface area contributed by atoms with Crippen molar-refractivity contribution in [2.24, 2.45) is 5.10 Å². The SMILES string of the molecule is C#CCOc1cccc(/C=N\NC(=O)c2cc([N+](=O)[O-])ccc2OC)c1. The molecule has 1 N–H and O–H groups in total. The predicted molar refractivity (Wildman–Crippen MR) is 95.5 cm³/mol. The van der Waals surface area contributed by atoms with Gasteiger partial charge < -0.3 is 9.47 Å². The highest BCUT2D eigenvalue weighted by molar-refractivity contribution is 5.98. The summed E-state index contributed by atoms with van der Waals surface area (Å²) in [6, 6.07) is 10.7. The first-order chi connectivity index (χ1) is 12.5. The molecule has 0 bridgehead atoms. The second kappa shape index (κ2) is 8.84. The summed E-state index contributed by atoms with van der Waals surface area (Å²) in [4.78, 5) is 22.5. The number of hydrazone groups is 1. The largest absolute Gasteiger partial charge is 0.496 e. The van der Waals surface area contributed by atoms with Crippen molar-refractivity contribution in [1.82, 2.24) is 5.43 Å². The fourth-order valence-electron chi connectivity index (χ4n) is 2.02. The van der Waals surface area contributed by atoms with Gasteiger partial charge in [0.25, 0.3) is 11.6 Å². The lowest BCUT2D eigenvalue weighted by molar-refractivity contribution is -0.384. The van der Waals surface area contributed by atoms with E-state index in [-0.39, 0.29) is 23.6 Å². The number of methoxy groups -OCH3 is 1. The van der Waals surface area contributed by atoms with E-state index in [2.05, 4.69) is 16.4 Å². The zero-order valence-electron chi connectivity index (χ0n) is 13.8. The Hall–Kier alpha value is -3.86. The van der Waals surface area contributed by atoms with E-state index in [1.165, 1.54) is 25.5 Å². The normalized spacial score (nSPS) is 10.2. The molecule has 1 amide bonds. The number of nitrogens with zero attached hydrogens (tertiary/aromatic N) is 2. The Morgan fingerprint density at radius 3 is 2.88 bits per heavy atom. The van der Waals surface area contributed by atoms with Gasteiger partial charge in [-0.1, -0.05) is 18.1 Å². The molecule has 0 fully saturated rings. The number of nitrogens with one attached hydrogen (secondary N) is 1. The minimum atomic E-state index is -0.637. The number of carbonyl (C=O) groups is 1. The molecule has 0 aliphatic rings. The van der Waals surface area contributed by atoms with Crippen molar-refractivity contribution in [2.45, 2.75) is 0 Å². The molecule has 8 nitrogen and oxygen atoms in total. The summed E-state index contributed by atoms with van der Waals surface area (Å²) in [7, 11) is 1.36. The lowest BCUT2D eigenvalue weighted by Gasteiger charge is -2.06. The third-order valence-corrected chi connectivity index (χ3v) is 3.20. The number of rotatable bonds is 7. The molecule has 2 aromatic carbocycles. The molecule has 0 radical (unpaired) electrons. The number of carbonyl (C=O) groups excluding carboxylic acids is 1. The highest BCUT2D eigenvalue weighted by Gasteiger charge is 2.17. The van der Waals surface area contributed by atoms with Crippen molar-refractivity contribution in [3.05, 3.63) is 63.7 Å². The number of ether oxygens (including phenoxy) is 2. The van der Waals surface area contributed by atoms with E-state index in [9.17, 15) is 14.9 Å². The molecule has 0 heterocycles. The maximum atomic E-state index is 12.2. The second-order valence-electron chi connectivity index (χ2n) is 4.91. The van der Waals surface area contributed by atoms with E-state index in [0.717, 1.165) is 6.07 Å². The molecular weight excluding hydrogens is 338 g/mol. The van der Waals surface area contributed by atoms with Crippen LogP contribution in [-0.4, -0.2) is 30.8 Å². The zero-order chi connectivity index (χ0) is 18.9. The molecule has 0 spiro atoms. The summed E-state index contributed by atoms with van der Waals surface area (Å²) < 4.78 is 10.3. The van der Waals surface area contributed by atoms with Gasteiger partial charge in [-0.25, -0.2) is 5.43 Å². The molecule has 0 saturated carbocycles. The monoisotopic (exact) mass is 353 g/mol. The molecule has 2 rings (SSSR count). The molecule has 132 valence electrons. The number of benzene rings is 2. The van der Waals surface area contributed by atoms with Crippen LogP contribution in [0.1, 0.15) is 15.9 Å². The lowest BCUT2D eigenvalue weighted by Crippen LogP contribution is -2.18. The first-order valence-electron chi connectivity index (χ1n) is 7.37. The predicted octanol–water partition coefficient (Wildman–Crippen LogP) is 2.38. The molecule has 0 unspecified atom stereocenters. The molecule has 26 heavy (non-hydrogen) atoms. The lowest BCUT2D eigenvalue weighted by atomic mass is 10.1. The van der Waals surface area contributed by atoms with Crippen molar-refractivity contribution in [3.63, 3.8) is 0 Å². The van der Waals surface area contributed by atoms with E-state index in [1.807, 2.05) is 0 Å². The number of nitro groups is 1. The van der Waals surface area contributed by atoms with E-state index in [4.69, 9.17) is 15.9 Å². The number of terminal acetylenes is 1. The van der Waals surface area contributed by atoms with Crippen molar-refractivity contribution in [1.29, 1.82) is 0 Å². The van der Waals surface area contributed by atoms with Gasteiger partial charge >= 0.3 is 0 Å². The van der Waals surface area contributed by atoms with Crippen LogP contribution in [0.2, 0.25) is 0 Å². The van der Waals surface area contributed by atoms with Crippen molar-refractivity contribution >= 4 is 17.8 Å². The van der Waals surface area contributed by atoms with E-state index < -0.39 is 10.8 Å². The van der Waals surface area contributed by atoms with Crippen LogP contribution in [0.15, 0.2) is 47.6 Å². The quantitative estimate of drug-likeness (QED) is 0.356. The highest BCUT2D eigenvalue weighted by atomic mass is 16.6. The van der Waals surface area contributed by atoms with Crippen LogP contribution in [0, 0.1) is 22.5 Å². The summed E-state index contributed by atoms with van der Waals surface area (Å²) in [6.07, 6.45) is 6.54. The van der Waals surface area contributed by atoms with E-state index >= 15 is 0 Å². The summed E-state index contributed by atoms with van der Waals surface area (Å²) >= 11 is 0. The molecule has 0 atom stereocenters. The number of nitro benzene ring substituents is 1. The third-order valence-electron chi connectivity index (χ3n) is 3.20. The Labute approximate surface area is 149 Å². The molecule has 0 saturated heterocycles. The molecule has 0 aliphatic carbocycles. The van der Waals surface area contributed by atoms with Gasteiger partial charge in [0, 0.05) is 12.1 Å². The standard InChI is InChI=1S/C18H15N3O5/c1-3-9-26-15-6-4-5-13(10-15)12-19-20-18(22)16-11-14(21(23)24)7-8-17(16)25-2/h1,4-8,10-12H,9H2,2H3,(H,20,22)/b19-12-. The number of hydrogen-bond acceptors (Lipinski definition) is 6. The molecule has 2 aromatic rings. The fraction of sp³-hybridized carbons (Fsp3) is 0.111. The summed E-state index contributed by atoms with van der Waals surface area (Å²) in [6.45, 7) is 0.143. The van der Waals surface area contributed by atoms with E-state index in [1.54, 1.807) is 24.3 Å². The van der Waals surface area contributed by atoms with Crippen LogP contribution >= 0.6 is 0 Å². The number of non-ortho nitro benzene ring substituents is 1. The second-order valence-corrected chi connectivity index (χ2v) is 4.91. The average Bonchev–Trinajstić information content (AvgIpc) is 2.66. The van der Waals surface area contributed by atoms with Gasteiger partial charge in [-0.15, -0.1) is 6.42 Å². The topological polar surface area (TPSA) is 103 Å². The average molecular weight is 353 g/mol. The number of hydrogen-bond donors (Lipinski definition) is 1. The van der Waals surface area contributed by atoms with Crippen molar-refractivity contribution < 1.29 is 19.2 Å². The minimum absolute atomic E-state index is 0.00459. The van der Waals surface area contributed by atoms with Gasteiger partial charge in [-0.05, 0) is 23.8 Å². The summed E-state index contributed by atoms with van der Waals surface area (Å²) in [5.41, 5.74) is 2.76. The van der Waals surface area contributed by atoms with Gasteiger partial charge in [0.1, 0.15) is 18.1 Å². The van der Waals surface area contributed by atoms with Gasteiger partial charge in [-0.2, -0.15) is 5.10 Å². The first kappa shape index (κ1) is 18.5. The maximum Gasteiger partial charge on any atom is 0.275 e. The highest BCUT2D eigenvalue weighted by Crippen LogP contribution is 2.23. The van der Waals surface area contributed by atoms with Gasteiger partial charge in [0.05, 0.1) is 23.8 Å². The van der Waals surface area contributed by atoms with Crippen LogP contribution in [0.3, 0.4) is 0 Å². The molecule has 8 heteroatoms. The van der Waals surface area contributed by atoms with Gasteiger partial charge in [-0.3, -0.25) is 14.9 Å². The van der Waals surface area contributed by atoms with Crippen molar-refractivity contribution in [2.75, 3.05) is 13.7 Å². The van der Waals surface area contributed by atoms with Crippen LogP contribution in [-0.2, 0) is 0 Å². The smallest absolute Gasteiger partial charge is 0.275 e. The Balaban J connectivity index is 2.11. The van der Waals surface area contributed by atoms with Crippen molar-refractivity contribution in [3.8, 4) is 23.8 Å². The maximum absolute atomic E-state index is 12.2. The summed E-state index contributed by atoms with van der Waals surface area (Å²) in [5, 5.41) is 14.7. The number of amides is 1. The fourth-order valence-corrected chi connectivity index (χ4v) is 2.02. The Bertz CT molecular complexity index is 887. The van der Waals surface area contributed by atoms with Crippen LogP contribution in [0.25, 0.3) is 0 Å². The Kier molecular flexibility index (Phi) is 6.28. The van der Waals surface area contributed by atoms with Crippen LogP contribution < -0.4 is 14.9 Å². The van der Waals surface area contributed by atoms with Gasteiger partial charge in [0.2, 0.25) is 0 Å². The minimum Gasteiger partial charge on any atom is -0.496 e. The Morgan fingerprint density at radius 2 is 2.19 bits per heavy atom. The summed E-state index contributed by atoms with van der Waals surface area (Å²) in [5.74, 6) is 2.50. The zero-order valence-corrected chi connectivity index (χ0v) is 13.8. The van der Waals surface area contributed by atoms with Gasteiger partial charge in [0.15, 0.2) is 0 Å². The third kappa shape index (κ3) is 4.82. The Morgan fingerprint density at radius 1 is 1.38 bits per heavy atom. The molecule has 0 aromatic heterocycles. The molecular formula is C18H15N3O5. The van der Waals surface area contributed by atoms with Crippen LogP contribution in [0.4, 0.5) is 5.69 Å². The van der Waals surface area contributed by atoms with Crippen LogP contribution in [0.5, 0.6) is 11.5 Å².